The Hall–Kier alpha value is -1.26. The van der Waals surface area contributed by atoms with Gasteiger partial charge in [0.1, 0.15) is 6.54 Å². The number of carbonyl (C=O) groups excluding carboxylic acids is 1. The molecule has 1 fully saturated rings. The van der Waals surface area contributed by atoms with E-state index in [9.17, 15) is 9.59 Å². The Labute approximate surface area is 115 Å². The van der Waals surface area contributed by atoms with Crippen molar-refractivity contribution in [2.75, 3.05) is 20.1 Å². The predicted molar refractivity (Wildman–Crippen MR) is 74.1 cm³/mol. The van der Waals surface area contributed by atoms with E-state index in [-0.39, 0.29) is 18.6 Å². The van der Waals surface area contributed by atoms with Crippen molar-refractivity contribution in [1.82, 2.24) is 9.80 Å². The van der Waals surface area contributed by atoms with Gasteiger partial charge in [0, 0.05) is 19.6 Å². The largest absolute Gasteiger partial charge is 0.480 e. The molecule has 0 spiro atoms. The van der Waals surface area contributed by atoms with Gasteiger partial charge in [-0.1, -0.05) is 13.8 Å². The first-order valence-electron chi connectivity index (χ1n) is 7.00. The molecule has 0 aromatic heterocycles. The molecule has 1 aliphatic rings. The number of aliphatic carboxylic acids is 1. The summed E-state index contributed by atoms with van der Waals surface area (Å²) in [5.41, 5.74) is 0.367. The third kappa shape index (κ3) is 4.40. The molecular weight excluding hydrogens is 244 g/mol. The molecule has 0 radical (unpaired) electrons. The van der Waals surface area contributed by atoms with Crippen LogP contribution in [0.2, 0.25) is 0 Å². The standard InChI is InChI=1S/C14H26N2O3/c1-5-16(10-12(17)18)13(19)15(4)11-6-8-14(2,3)9-7-11/h11H,5-10H2,1-4H3,(H,17,18). The van der Waals surface area contributed by atoms with Crippen LogP contribution in [0, 0.1) is 5.41 Å². The van der Waals surface area contributed by atoms with E-state index in [2.05, 4.69) is 13.8 Å². The molecule has 0 aliphatic heterocycles. The highest BCUT2D eigenvalue weighted by Crippen LogP contribution is 2.36. The van der Waals surface area contributed by atoms with Gasteiger partial charge in [0.25, 0.3) is 0 Å². The Kier molecular flexibility index (Phi) is 5.20. The third-order valence-electron chi connectivity index (χ3n) is 4.14. The highest BCUT2D eigenvalue weighted by Gasteiger charge is 2.32. The molecule has 0 atom stereocenters. The van der Waals surface area contributed by atoms with Crippen molar-refractivity contribution in [1.29, 1.82) is 0 Å². The molecule has 19 heavy (non-hydrogen) atoms. The molecule has 1 rings (SSSR count). The fraction of sp³-hybridized carbons (Fsp3) is 0.857. The average molecular weight is 270 g/mol. The lowest BCUT2D eigenvalue weighted by Crippen LogP contribution is -2.49. The smallest absolute Gasteiger partial charge is 0.323 e. The highest BCUT2D eigenvalue weighted by atomic mass is 16.4. The average Bonchev–Trinajstić information content (AvgIpc) is 2.34. The van der Waals surface area contributed by atoms with Gasteiger partial charge in [-0.2, -0.15) is 0 Å². The van der Waals surface area contributed by atoms with Crippen molar-refractivity contribution in [3.8, 4) is 0 Å². The Balaban J connectivity index is 2.59. The van der Waals surface area contributed by atoms with Crippen molar-refractivity contribution in [3.05, 3.63) is 0 Å². The molecule has 0 bridgehead atoms. The molecule has 0 saturated heterocycles. The van der Waals surface area contributed by atoms with Gasteiger partial charge in [-0.05, 0) is 38.0 Å². The number of hydrogen-bond donors (Lipinski definition) is 1. The van der Waals surface area contributed by atoms with Crippen LogP contribution in [0.3, 0.4) is 0 Å². The number of carboxylic acid groups (broad SMARTS) is 1. The van der Waals surface area contributed by atoms with Crippen LogP contribution in [0.15, 0.2) is 0 Å². The van der Waals surface area contributed by atoms with E-state index >= 15 is 0 Å². The molecule has 0 aromatic rings. The van der Waals surface area contributed by atoms with Crippen molar-refractivity contribution < 1.29 is 14.7 Å². The minimum Gasteiger partial charge on any atom is -0.480 e. The number of amides is 2. The predicted octanol–water partition coefficient (Wildman–Crippen LogP) is 2.41. The van der Waals surface area contributed by atoms with Gasteiger partial charge < -0.3 is 14.9 Å². The number of carbonyl (C=O) groups is 2. The van der Waals surface area contributed by atoms with Gasteiger partial charge in [0.15, 0.2) is 0 Å². The first-order chi connectivity index (χ1) is 8.76. The van der Waals surface area contributed by atoms with Gasteiger partial charge >= 0.3 is 12.0 Å². The molecule has 1 N–H and O–H groups in total. The fourth-order valence-corrected chi connectivity index (χ4v) is 2.63. The molecular formula is C14H26N2O3. The number of hydrogen-bond acceptors (Lipinski definition) is 2. The maximum absolute atomic E-state index is 12.3. The maximum atomic E-state index is 12.3. The lowest BCUT2D eigenvalue weighted by Gasteiger charge is -2.39. The van der Waals surface area contributed by atoms with Crippen LogP contribution in [-0.4, -0.2) is 53.1 Å². The lowest BCUT2D eigenvalue weighted by atomic mass is 9.75. The van der Waals surface area contributed by atoms with Crippen LogP contribution in [0.5, 0.6) is 0 Å². The van der Waals surface area contributed by atoms with Gasteiger partial charge in [-0.25, -0.2) is 4.79 Å². The van der Waals surface area contributed by atoms with Crippen LogP contribution < -0.4 is 0 Å². The van der Waals surface area contributed by atoms with E-state index in [0.29, 0.717) is 12.0 Å². The van der Waals surface area contributed by atoms with E-state index in [1.165, 1.54) is 4.90 Å². The normalized spacial score (nSPS) is 18.9. The molecule has 0 heterocycles. The second kappa shape index (κ2) is 6.26. The first kappa shape index (κ1) is 15.8. The monoisotopic (exact) mass is 270 g/mol. The van der Waals surface area contributed by atoms with Gasteiger partial charge in [0.2, 0.25) is 0 Å². The zero-order valence-corrected chi connectivity index (χ0v) is 12.5. The minimum atomic E-state index is -0.964. The number of likely N-dealkylation sites (N-methyl/N-ethyl adjacent to an activating group) is 1. The van der Waals surface area contributed by atoms with Crippen molar-refractivity contribution >= 4 is 12.0 Å². The van der Waals surface area contributed by atoms with Crippen LogP contribution in [0.25, 0.3) is 0 Å². The summed E-state index contributed by atoms with van der Waals surface area (Å²) in [6.07, 6.45) is 4.22. The van der Waals surface area contributed by atoms with Gasteiger partial charge in [-0.15, -0.1) is 0 Å². The van der Waals surface area contributed by atoms with Gasteiger partial charge in [0.05, 0.1) is 0 Å². The minimum absolute atomic E-state index is 0.172. The maximum Gasteiger partial charge on any atom is 0.323 e. The SMILES string of the molecule is CCN(CC(=O)O)C(=O)N(C)C1CCC(C)(C)CC1. The van der Waals surface area contributed by atoms with Crippen LogP contribution >= 0.6 is 0 Å². The molecule has 5 nitrogen and oxygen atoms in total. The van der Waals surface area contributed by atoms with E-state index in [4.69, 9.17) is 5.11 Å². The summed E-state index contributed by atoms with van der Waals surface area (Å²) in [7, 11) is 1.79. The quantitative estimate of drug-likeness (QED) is 0.853. The summed E-state index contributed by atoms with van der Waals surface area (Å²) in [4.78, 5) is 26.1. The summed E-state index contributed by atoms with van der Waals surface area (Å²) >= 11 is 0. The van der Waals surface area contributed by atoms with E-state index in [1.54, 1.807) is 18.9 Å². The Morgan fingerprint density at radius 3 is 2.21 bits per heavy atom. The summed E-state index contributed by atoms with van der Waals surface area (Å²) in [6, 6.07) is 0.0676. The van der Waals surface area contributed by atoms with E-state index in [0.717, 1.165) is 25.7 Å². The molecule has 0 unspecified atom stereocenters. The molecule has 2 amide bonds. The Bertz CT molecular complexity index is 332. The highest BCUT2D eigenvalue weighted by molar-refractivity contribution is 5.80. The van der Waals surface area contributed by atoms with Crippen LogP contribution in [0.4, 0.5) is 4.79 Å². The number of urea groups is 1. The molecule has 110 valence electrons. The molecule has 1 saturated carbocycles. The zero-order chi connectivity index (χ0) is 14.6. The van der Waals surface area contributed by atoms with Crippen molar-refractivity contribution in [2.45, 2.75) is 52.5 Å². The van der Waals surface area contributed by atoms with E-state index in [1.807, 2.05) is 0 Å². The van der Waals surface area contributed by atoms with Gasteiger partial charge in [-0.3, -0.25) is 4.79 Å². The van der Waals surface area contributed by atoms with Crippen LogP contribution in [-0.2, 0) is 4.79 Å². The first-order valence-corrected chi connectivity index (χ1v) is 7.00. The number of nitrogens with zero attached hydrogens (tertiary/aromatic N) is 2. The fourth-order valence-electron chi connectivity index (χ4n) is 2.63. The third-order valence-corrected chi connectivity index (χ3v) is 4.14. The summed E-state index contributed by atoms with van der Waals surface area (Å²) < 4.78 is 0. The van der Waals surface area contributed by atoms with Crippen LogP contribution in [0.1, 0.15) is 46.5 Å². The molecule has 0 aromatic carbocycles. The summed E-state index contributed by atoms with van der Waals surface area (Å²) in [6.45, 7) is 6.52. The molecule has 1 aliphatic carbocycles. The Morgan fingerprint density at radius 1 is 1.26 bits per heavy atom. The second-order valence-corrected chi connectivity index (χ2v) is 6.20. The van der Waals surface area contributed by atoms with E-state index < -0.39 is 5.97 Å². The second-order valence-electron chi connectivity index (χ2n) is 6.20. The zero-order valence-electron chi connectivity index (χ0n) is 12.5. The summed E-state index contributed by atoms with van der Waals surface area (Å²) in [5.74, 6) is -0.964. The Morgan fingerprint density at radius 2 is 1.79 bits per heavy atom. The number of rotatable bonds is 4. The summed E-state index contributed by atoms with van der Waals surface area (Å²) in [5, 5.41) is 8.81. The lowest BCUT2D eigenvalue weighted by molar-refractivity contribution is -0.137. The molecule has 5 heteroatoms. The number of carboxylic acids is 1. The topological polar surface area (TPSA) is 60.9 Å². The van der Waals surface area contributed by atoms with Crippen molar-refractivity contribution in [2.24, 2.45) is 5.41 Å². The van der Waals surface area contributed by atoms with Crippen molar-refractivity contribution in [3.63, 3.8) is 0 Å².